The Morgan fingerprint density at radius 3 is 2.82 bits per heavy atom. The molecule has 3 aromatic rings. The van der Waals surface area contributed by atoms with Gasteiger partial charge in [-0.25, -0.2) is 4.98 Å². The van der Waals surface area contributed by atoms with Crippen molar-refractivity contribution < 1.29 is 9.90 Å². The fourth-order valence-corrected chi connectivity index (χ4v) is 2.97. The minimum Gasteiger partial charge on any atom is -0.395 e. The van der Waals surface area contributed by atoms with Crippen molar-refractivity contribution in [3.63, 3.8) is 0 Å². The number of aliphatic hydroxyl groups excluding tert-OH is 1. The van der Waals surface area contributed by atoms with Gasteiger partial charge in [-0.1, -0.05) is 18.2 Å². The quantitative estimate of drug-likeness (QED) is 0.776. The summed E-state index contributed by atoms with van der Waals surface area (Å²) in [5, 5.41) is 13.6. The maximum atomic E-state index is 12.1. The normalized spacial score (nSPS) is 11.2. The number of rotatable bonds is 4. The molecule has 2 N–H and O–H groups in total. The lowest BCUT2D eigenvalue weighted by atomic mass is 10.1. The number of fused-ring (bicyclic) bond motifs is 3. The molecule has 0 radical (unpaired) electrons. The first-order valence-electron chi connectivity index (χ1n) is 7.45. The van der Waals surface area contributed by atoms with Gasteiger partial charge in [0.2, 0.25) is 0 Å². The van der Waals surface area contributed by atoms with E-state index in [-0.39, 0.29) is 19.1 Å². The van der Waals surface area contributed by atoms with Crippen molar-refractivity contribution in [3.8, 4) is 0 Å². The highest BCUT2D eigenvalue weighted by molar-refractivity contribution is 6.10. The molecule has 0 aliphatic rings. The Balaban J connectivity index is 2.25. The average molecular weight is 297 g/mol. The van der Waals surface area contributed by atoms with Gasteiger partial charge in [-0.2, -0.15) is 0 Å². The van der Waals surface area contributed by atoms with E-state index in [4.69, 9.17) is 5.11 Å². The first-order chi connectivity index (χ1) is 10.7. The van der Waals surface area contributed by atoms with Crippen molar-refractivity contribution in [3.05, 3.63) is 41.7 Å². The number of carbonyl (C=O) groups excluding carboxylic acids is 1. The molecule has 3 rings (SSSR count). The van der Waals surface area contributed by atoms with Crippen LogP contribution in [0.5, 0.6) is 0 Å². The first kappa shape index (κ1) is 14.5. The minimum atomic E-state index is -0.257. The molecule has 5 nitrogen and oxygen atoms in total. The van der Waals surface area contributed by atoms with Crippen molar-refractivity contribution in [2.75, 3.05) is 13.2 Å². The number of aliphatic hydroxyl groups is 1. The van der Waals surface area contributed by atoms with Crippen LogP contribution in [-0.4, -0.2) is 33.7 Å². The maximum Gasteiger partial charge on any atom is 0.269 e. The van der Waals surface area contributed by atoms with Crippen molar-refractivity contribution in [1.29, 1.82) is 0 Å². The topological polar surface area (TPSA) is 67.2 Å². The molecule has 114 valence electrons. The van der Waals surface area contributed by atoms with Crippen LogP contribution in [0.4, 0.5) is 0 Å². The van der Waals surface area contributed by atoms with Crippen molar-refractivity contribution in [2.24, 2.45) is 0 Å². The van der Waals surface area contributed by atoms with E-state index in [0.29, 0.717) is 5.69 Å². The fraction of sp³-hybridized carbons (Fsp3) is 0.294. The number of para-hydroxylation sites is 1. The molecule has 1 aromatic carbocycles. The standard InChI is InChI=1S/C17H19N3O2/c1-3-20-15-7-5-4-6-12(15)13-10-14(17(22)18-8-9-21)19-11(2)16(13)20/h4-7,10,21H,3,8-9H2,1-2H3,(H,18,22). The molecule has 0 aliphatic carbocycles. The molecular formula is C17H19N3O2. The van der Waals surface area contributed by atoms with E-state index >= 15 is 0 Å². The second kappa shape index (κ2) is 5.77. The minimum absolute atomic E-state index is 0.0812. The summed E-state index contributed by atoms with van der Waals surface area (Å²) >= 11 is 0. The van der Waals surface area contributed by atoms with Crippen LogP contribution in [0, 0.1) is 6.92 Å². The molecule has 0 bridgehead atoms. The molecule has 0 fully saturated rings. The average Bonchev–Trinajstić information content (AvgIpc) is 2.87. The number of nitrogens with zero attached hydrogens (tertiary/aromatic N) is 2. The maximum absolute atomic E-state index is 12.1. The molecule has 0 spiro atoms. The van der Waals surface area contributed by atoms with Crippen LogP contribution in [0.1, 0.15) is 23.1 Å². The Hall–Kier alpha value is -2.40. The van der Waals surface area contributed by atoms with Gasteiger partial charge in [0.15, 0.2) is 0 Å². The molecule has 22 heavy (non-hydrogen) atoms. The Kier molecular flexibility index (Phi) is 3.81. The SMILES string of the molecule is CCn1c2ccccc2c2cc(C(=O)NCCO)nc(C)c21. The van der Waals surface area contributed by atoms with E-state index in [1.807, 2.05) is 25.1 Å². The van der Waals surface area contributed by atoms with Crippen LogP contribution in [0.3, 0.4) is 0 Å². The molecule has 0 saturated carbocycles. The predicted molar refractivity (Wildman–Crippen MR) is 87.1 cm³/mol. The van der Waals surface area contributed by atoms with Crippen LogP contribution in [-0.2, 0) is 6.54 Å². The summed E-state index contributed by atoms with van der Waals surface area (Å²) in [7, 11) is 0. The highest BCUT2D eigenvalue weighted by Crippen LogP contribution is 2.30. The van der Waals surface area contributed by atoms with Crippen LogP contribution >= 0.6 is 0 Å². The van der Waals surface area contributed by atoms with E-state index in [0.717, 1.165) is 34.0 Å². The second-order valence-electron chi connectivity index (χ2n) is 5.23. The molecule has 0 saturated heterocycles. The van der Waals surface area contributed by atoms with Crippen LogP contribution in [0.15, 0.2) is 30.3 Å². The smallest absolute Gasteiger partial charge is 0.269 e. The third kappa shape index (κ3) is 2.23. The summed E-state index contributed by atoms with van der Waals surface area (Å²) in [6.45, 7) is 5.03. The number of amides is 1. The Morgan fingerprint density at radius 2 is 2.09 bits per heavy atom. The van der Waals surface area contributed by atoms with Gasteiger partial charge in [0, 0.05) is 29.4 Å². The zero-order valence-electron chi connectivity index (χ0n) is 12.8. The molecule has 2 aromatic heterocycles. The number of nitrogens with one attached hydrogen (secondary N) is 1. The summed E-state index contributed by atoms with van der Waals surface area (Å²) < 4.78 is 2.22. The predicted octanol–water partition coefficient (Wildman–Crippen LogP) is 2.24. The van der Waals surface area contributed by atoms with E-state index in [1.165, 1.54) is 0 Å². The highest BCUT2D eigenvalue weighted by Gasteiger charge is 2.16. The fourth-order valence-electron chi connectivity index (χ4n) is 2.97. The lowest BCUT2D eigenvalue weighted by Crippen LogP contribution is -2.27. The van der Waals surface area contributed by atoms with Gasteiger partial charge in [0.1, 0.15) is 5.69 Å². The van der Waals surface area contributed by atoms with E-state index in [1.54, 1.807) is 0 Å². The molecular weight excluding hydrogens is 278 g/mol. The summed E-state index contributed by atoms with van der Waals surface area (Å²) in [5.41, 5.74) is 3.45. The van der Waals surface area contributed by atoms with Gasteiger partial charge in [-0.3, -0.25) is 4.79 Å². The summed E-state index contributed by atoms with van der Waals surface area (Å²) in [4.78, 5) is 16.6. The van der Waals surface area contributed by atoms with Crippen LogP contribution in [0.25, 0.3) is 21.8 Å². The Bertz CT molecular complexity index is 852. The van der Waals surface area contributed by atoms with Crippen molar-refractivity contribution in [1.82, 2.24) is 14.9 Å². The number of hydrogen-bond donors (Lipinski definition) is 2. The summed E-state index contributed by atoms with van der Waals surface area (Å²) in [6, 6.07) is 10.0. The number of aryl methyl sites for hydroxylation is 2. The van der Waals surface area contributed by atoms with Gasteiger partial charge in [0.05, 0.1) is 17.8 Å². The third-order valence-electron chi connectivity index (χ3n) is 3.87. The number of pyridine rings is 1. The highest BCUT2D eigenvalue weighted by atomic mass is 16.3. The van der Waals surface area contributed by atoms with Crippen molar-refractivity contribution in [2.45, 2.75) is 20.4 Å². The van der Waals surface area contributed by atoms with Gasteiger partial charge >= 0.3 is 0 Å². The lowest BCUT2D eigenvalue weighted by molar-refractivity contribution is 0.0940. The lowest BCUT2D eigenvalue weighted by Gasteiger charge is -2.07. The monoisotopic (exact) mass is 297 g/mol. The molecule has 1 amide bonds. The molecule has 0 atom stereocenters. The Morgan fingerprint density at radius 1 is 1.32 bits per heavy atom. The van der Waals surface area contributed by atoms with Crippen LogP contribution in [0.2, 0.25) is 0 Å². The van der Waals surface area contributed by atoms with Gasteiger partial charge in [-0.05, 0) is 26.0 Å². The third-order valence-corrected chi connectivity index (χ3v) is 3.87. The number of benzene rings is 1. The molecule has 0 unspecified atom stereocenters. The van der Waals surface area contributed by atoms with E-state index in [9.17, 15) is 4.79 Å². The molecule has 0 aliphatic heterocycles. The zero-order valence-corrected chi connectivity index (χ0v) is 12.8. The van der Waals surface area contributed by atoms with E-state index in [2.05, 4.69) is 33.9 Å². The Labute approximate surface area is 128 Å². The number of aromatic nitrogens is 2. The molecule has 2 heterocycles. The van der Waals surface area contributed by atoms with Gasteiger partial charge in [-0.15, -0.1) is 0 Å². The number of carbonyl (C=O) groups is 1. The second-order valence-corrected chi connectivity index (χ2v) is 5.23. The zero-order chi connectivity index (χ0) is 15.7. The molecule has 5 heteroatoms. The first-order valence-corrected chi connectivity index (χ1v) is 7.45. The largest absolute Gasteiger partial charge is 0.395 e. The van der Waals surface area contributed by atoms with Crippen LogP contribution < -0.4 is 5.32 Å². The van der Waals surface area contributed by atoms with E-state index < -0.39 is 0 Å². The van der Waals surface area contributed by atoms with Gasteiger partial charge in [0.25, 0.3) is 5.91 Å². The van der Waals surface area contributed by atoms with Crippen molar-refractivity contribution >= 4 is 27.7 Å². The van der Waals surface area contributed by atoms with Gasteiger partial charge < -0.3 is 15.0 Å². The summed E-state index contributed by atoms with van der Waals surface area (Å²) in [5.74, 6) is -0.257. The summed E-state index contributed by atoms with van der Waals surface area (Å²) in [6.07, 6.45) is 0. The number of hydrogen-bond acceptors (Lipinski definition) is 3.